The fourth-order valence-electron chi connectivity index (χ4n) is 1.92. The van der Waals surface area contributed by atoms with Crippen molar-refractivity contribution >= 4 is 17.2 Å². The lowest BCUT2D eigenvalue weighted by molar-refractivity contribution is -0.384. The number of anilines is 2. The largest absolute Gasteiger partial charge is 0.340 e. The first-order valence-corrected chi connectivity index (χ1v) is 6.59. The van der Waals surface area contributed by atoms with Gasteiger partial charge in [-0.15, -0.1) is 0 Å². The first-order chi connectivity index (χ1) is 11.0. The predicted molar refractivity (Wildman–Crippen MR) is 80.2 cm³/mol. The highest BCUT2D eigenvalue weighted by molar-refractivity contribution is 5.56. The fourth-order valence-corrected chi connectivity index (χ4v) is 1.92. The molecule has 23 heavy (non-hydrogen) atoms. The molecule has 3 rings (SSSR count). The van der Waals surface area contributed by atoms with Gasteiger partial charge in [0.15, 0.2) is 0 Å². The maximum absolute atomic E-state index is 12.9. The minimum atomic E-state index is -0.545. The number of nitrogens with zero attached hydrogens (tertiary/aromatic N) is 5. The van der Waals surface area contributed by atoms with Gasteiger partial charge in [0.05, 0.1) is 4.92 Å². The number of hydrogen-bond donors (Lipinski definition) is 1. The summed E-state index contributed by atoms with van der Waals surface area (Å²) in [6.45, 7) is 1.76. The molecule has 8 nitrogen and oxygen atoms in total. The van der Waals surface area contributed by atoms with E-state index in [1.165, 1.54) is 23.0 Å². The normalized spacial score (nSPS) is 10.5. The number of rotatable bonds is 4. The molecule has 0 spiro atoms. The highest BCUT2D eigenvalue weighted by Crippen LogP contribution is 2.18. The van der Waals surface area contributed by atoms with Crippen LogP contribution in [0.1, 0.15) is 5.69 Å². The van der Waals surface area contributed by atoms with Gasteiger partial charge in [0, 0.05) is 17.4 Å². The smallest absolute Gasteiger partial charge is 0.307 e. The number of aromatic nitrogens is 4. The van der Waals surface area contributed by atoms with Crippen molar-refractivity contribution in [3.63, 3.8) is 0 Å². The average molecular weight is 314 g/mol. The van der Waals surface area contributed by atoms with Crippen LogP contribution >= 0.6 is 0 Å². The molecule has 0 bridgehead atoms. The van der Waals surface area contributed by atoms with E-state index < -0.39 is 4.92 Å². The van der Waals surface area contributed by atoms with E-state index in [0.29, 0.717) is 17.2 Å². The molecule has 0 saturated heterocycles. The van der Waals surface area contributed by atoms with Gasteiger partial charge in [0.25, 0.3) is 5.95 Å². The molecule has 1 N–H and O–H groups in total. The Morgan fingerprint density at radius 1 is 1.26 bits per heavy atom. The van der Waals surface area contributed by atoms with E-state index in [2.05, 4.69) is 20.4 Å². The van der Waals surface area contributed by atoms with Gasteiger partial charge in [-0.3, -0.25) is 10.1 Å². The van der Waals surface area contributed by atoms with Crippen molar-refractivity contribution in [1.82, 2.24) is 19.7 Å². The third kappa shape index (κ3) is 3.28. The van der Waals surface area contributed by atoms with Crippen molar-refractivity contribution in [2.24, 2.45) is 0 Å². The molecule has 3 aromatic rings. The van der Waals surface area contributed by atoms with Crippen LogP contribution in [0.15, 0.2) is 42.7 Å². The van der Waals surface area contributed by atoms with Gasteiger partial charge in [-0.05, 0) is 31.2 Å². The zero-order chi connectivity index (χ0) is 16.4. The van der Waals surface area contributed by atoms with Gasteiger partial charge >= 0.3 is 5.69 Å². The molecule has 1 aromatic carbocycles. The van der Waals surface area contributed by atoms with E-state index in [4.69, 9.17) is 0 Å². The van der Waals surface area contributed by atoms with E-state index in [0.717, 1.165) is 6.20 Å². The number of nitro groups is 1. The lowest BCUT2D eigenvalue weighted by Gasteiger charge is -2.08. The van der Waals surface area contributed by atoms with E-state index in [1.54, 1.807) is 25.1 Å². The Balaban J connectivity index is 1.92. The van der Waals surface area contributed by atoms with Crippen molar-refractivity contribution < 1.29 is 9.31 Å². The zero-order valence-electron chi connectivity index (χ0n) is 12.0. The molecule has 9 heteroatoms. The number of benzene rings is 1. The van der Waals surface area contributed by atoms with Crippen molar-refractivity contribution in [2.45, 2.75) is 6.92 Å². The van der Waals surface area contributed by atoms with Gasteiger partial charge in [-0.1, -0.05) is 0 Å². The molecule has 0 aliphatic rings. The Labute approximate surface area is 129 Å². The molecular weight excluding hydrogens is 303 g/mol. The van der Waals surface area contributed by atoms with Crippen LogP contribution < -0.4 is 5.32 Å². The molecular formula is C14H11FN6O2. The molecule has 0 atom stereocenters. The quantitative estimate of drug-likeness (QED) is 0.587. The lowest BCUT2D eigenvalue weighted by atomic mass is 10.3. The summed E-state index contributed by atoms with van der Waals surface area (Å²) in [6, 6.07) is 7.50. The van der Waals surface area contributed by atoms with E-state index in [-0.39, 0.29) is 17.5 Å². The molecule has 0 radical (unpaired) electrons. The number of nitrogens with one attached hydrogen (secondary N) is 1. The molecule has 2 aromatic heterocycles. The monoisotopic (exact) mass is 314 g/mol. The number of halogens is 1. The standard InChI is InChI=1S/C14H11FN6O2/c1-9-6-13(18-11-4-2-10(15)3-5-11)19-14(17-9)20-8-12(7-16-20)21(22)23/h2-8H,1H3,(H,17,18,19). The van der Waals surface area contributed by atoms with Crippen LogP contribution in [0, 0.1) is 22.9 Å². The van der Waals surface area contributed by atoms with Crippen LogP contribution in [0.25, 0.3) is 5.95 Å². The Bertz CT molecular complexity index is 862. The first kappa shape index (κ1) is 14.6. The summed E-state index contributed by atoms with van der Waals surface area (Å²) in [6.07, 6.45) is 2.36. The van der Waals surface area contributed by atoms with Crippen LogP contribution in [0.4, 0.5) is 21.6 Å². The molecule has 2 heterocycles. The first-order valence-electron chi connectivity index (χ1n) is 6.59. The highest BCUT2D eigenvalue weighted by atomic mass is 19.1. The molecule has 116 valence electrons. The highest BCUT2D eigenvalue weighted by Gasteiger charge is 2.12. The SMILES string of the molecule is Cc1cc(Nc2ccc(F)cc2)nc(-n2cc([N+](=O)[O-])cn2)n1. The second-order valence-corrected chi connectivity index (χ2v) is 4.73. The van der Waals surface area contributed by atoms with Crippen molar-refractivity contribution in [3.8, 4) is 5.95 Å². The van der Waals surface area contributed by atoms with Crippen LogP contribution in [0.5, 0.6) is 0 Å². The topological polar surface area (TPSA) is 98.8 Å². The van der Waals surface area contributed by atoms with Crippen LogP contribution in [0.3, 0.4) is 0 Å². The Morgan fingerprint density at radius 2 is 2.00 bits per heavy atom. The van der Waals surface area contributed by atoms with Crippen LogP contribution in [0.2, 0.25) is 0 Å². The van der Waals surface area contributed by atoms with E-state index in [1.807, 2.05) is 0 Å². The van der Waals surface area contributed by atoms with Gasteiger partial charge < -0.3 is 5.32 Å². The zero-order valence-corrected chi connectivity index (χ0v) is 12.0. The van der Waals surface area contributed by atoms with Crippen LogP contribution in [-0.4, -0.2) is 24.7 Å². The lowest BCUT2D eigenvalue weighted by Crippen LogP contribution is -2.05. The minimum absolute atomic E-state index is 0.150. The summed E-state index contributed by atoms with van der Waals surface area (Å²) in [5, 5.41) is 17.6. The van der Waals surface area contributed by atoms with Crippen molar-refractivity contribution in [2.75, 3.05) is 5.32 Å². The van der Waals surface area contributed by atoms with Gasteiger partial charge in [0.2, 0.25) is 0 Å². The van der Waals surface area contributed by atoms with E-state index >= 15 is 0 Å². The van der Waals surface area contributed by atoms with Gasteiger partial charge in [-0.2, -0.15) is 14.8 Å². The summed E-state index contributed by atoms with van der Waals surface area (Å²) >= 11 is 0. The third-order valence-corrected chi connectivity index (χ3v) is 2.94. The Morgan fingerprint density at radius 3 is 2.65 bits per heavy atom. The second kappa shape index (κ2) is 5.79. The van der Waals surface area contributed by atoms with Gasteiger partial charge in [0.1, 0.15) is 24.0 Å². The molecule has 0 unspecified atom stereocenters. The summed E-state index contributed by atoms with van der Waals surface area (Å²) in [4.78, 5) is 18.6. The summed E-state index contributed by atoms with van der Waals surface area (Å²) < 4.78 is 14.1. The van der Waals surface area contributed by atoms with Crippen molar-refractivity contribution in [3.05, 3.63) is 64.4 Å². The summed E-state index contributed by atoms with van der Waals surface area (Å²) in [5.74, 6) is 0.332. The second-order valence-electron chi connectivity index (χ2n) is 4.73. The Hall–Kier alpha value is -3.36. The van der Waals surface area contributed by atoms with E-state index in [9.17, 15) is 14.5 Å². The molecule has 0 saturated carbocycles. The van der Waals surface area contributed by atoms with Gasteiger partial charge in [-0.25, -0.2) is 9.37 Å². The fraction of sp³-hybridized carbons (Fsp3) is 0.0714. The van der Waals surface area contributed by atoms with Crippen LogP contribution in [-0.2, 0) is 0 Å². The molecule has 0 aliphatic carbocycles. The van der Waals surface area contributed by atoms with Crippen molar-refractivity contribution in [1.29, 1.82) is 0 Å². The predicted octanol–water partition coefficient (Wildman–Crippen LogP) is 2.76. The third-order valence-electron chi connectivity index (χ3n) is 2.94. The average Bonchev–Trinajstić information content (AvgIpc) is 2.99. The number of hydrogen-bond acceptors (Lipinski definition) is 6. The number of aryl methyl sites for hydroxylation is 1. The summed E-state index contributed by atoms with van der Waals surface area (Å²) in [7, 11) is 0. The maximum atomic E-state index is 12.9. The molecule has 0 aliphatic heterocycles. The molecule has 0 fully saturated rings. The Kier molecular flexibility index (Phi) is 3.67. The minimum Gasteiger partial charge on any atom is -0.340 e. The summed E-state index contributed by atoms with van der Waals surface area (Å²) in [5.41, 5.74) is 1.16. The maximum Gasteiger partial charge on any atom is 0.307 e. The molecule has 0 amide bonds.